The fourth-order valence-electron chi connectivity index (χ4n) is 1.63. The smallest absolute Gasteiger partial charge is 0.253 e. The molecule has 1 aliphatic heterocycles. The Hall–Kier alpha value is -1.95. The topological polar surface area (TPSA) is 88.2 Å². The van der Waals surface area contributed by atoms with Gasteiger partial charge in [0.2, 0.25) is 11.8 Å². The first-order chi connectivity index (χ1) is 8.58. The second-order valence-corrected chi connectivity index (χ2v) is 4.24. The third-order valence-electron chi connectivity index (χ3n) is 2.56. The molecule has 1 fully saturated rings. The average Bonchev–Trinajstić information content (AvgIpc) is 2.33. The summed E-state index contributed by atoms with van der Waals surface area (Å²) >= 11 is 5.82. The van der Waals surface area contributed by atoms with Gasteiger partial charge in [0.15, 0.2) is 0 Å². The molecule has 0 bridgehead atoms. The Kier molecular flexibility index (Phi) is 3.57. The van der Waals surface area contributed by atoms with Crippen LogP contribution in [0.1, 0.15) is 23.2 Å². The van der Waals surface area contributed by atoms with Gasteiger partial charge in [-0.3, -0.25) is 24.7 Å². The highest BCUT2D eigenvalue weighted by atomic mass is 35.5. The van der Waals surface area contributed by atoms with Crippen LogP contribution in [0.5, 0.6) is 0 Å². The molecule has 2 N–H and O–H groups in total. The minimum Gasteiger partial charge on any atom is -0.340 e. The van der Waals surface area contributed by atoms with Crippen molar-refractivity contribution in [3.8, 4) is 0 Å². The van der Waals surface area contributed by atoms with Crippen LogP contribution in [-0.4, -0.2) is 28.7 Å². The summed E-state index contributed by atoms with van der Waals surface area (Å²) < 4.78 is 0. The summed E-state index contributed by atoms with van der Waals surface area (Å²) in [5.74, 6) is -1.28. The Balaban J connectivity index is 2.06. The average molecular weight is 268 g/mol. The van der Waals surface area contributed by atoms with Crippen molar-refractivity contribution >= 4 is 29.3 Å². The first kappa shape index (κ1) is 12.5. The molecule has 1 aromatic heterocycles. The molecule has 1 unspecified atom stereocenters. The Labute approximate surface area is 108 Å². The van der Waals surface area contributed by atoms with Crippen LogP contribution in [0, 0.1) is 0 Å². The number of hydrogen-bond donors (Lipinski definition) is 2. The van der Waals surface area contributed by atoms with Crippen LogP contribution in [0.15, 0.2) is 18.5 Å². The van der Waals surface area contributed by atoms with Crippen LogP contribution in [0.2, 0.25) is 5.02 Å². The minimum atomic E-state index is -0.709. The van der Waals surface area contributed by atoms with Crippen LogP contribution in [0.25, 0.3) is 0 Å². The number of nitrogens with one attached hydrogen (secondary N) is 2. The van der Waals surface area contributed by atoms with E-state index in [1.54, 1.807) is 0 Å². The van der Waals surface area contributed by atoms with Gasteiger partial charge in [-0.25, -0.2) is 0 Å². The molecular weight excluding hydrogens is 258 g/mol. The fourth-order valence-corrected chi connectivity index (χ4v) is 1.83. The second kappa shape index (κ2) is 5.14. The lowest BCUT2D eigenvalue weighted by molar-refractivity contribution is -0.134. The van der Waals surface area contributed by atoms with Gasteiger partial charge >= 0.3 is 0 Å². The number of carbonyl (C=O) groups is 3. The Morgan fingerprint density at radius 2 is 2.28 bits per heavy atom. The summed E-state index contributed by atoms with van der Waals surface area (Å²) in [7, 11) is 0. The quantitative estimate of drug-likeness (QED) is 0.753. The number of halogens is 1. The monoisotopic (exact) mass is 267 g/mol. The SMILES string of the molecule is O=C1CCC(NC(=O)c2ccncc2Cl)C(=O)N1. The summed E-state index contributed by atoms with van der Waals surface area (Å²) in [6, 6.07) is 0.753. The maximum Gasteiger partial charge on any atom is 0.253 e. The van der Waals surface area contributed by atoms with E-state index < -0.39 is 17.9 Å². The highest BCUT2D eigenvalue weighted by Gasteiger charge is 2.28. The largest absolute Gasteiger partial charge is 0.340 e. The van der Waals surface area contributed by atoms with Crippen LogP contribution >= 0.6 is 11.6 Å². The van der Waals surface area contributed by atoms with Crippen LogP contribution in [0.3, 0.4) is 0 Å². The molecule has 2 rings (SSSR count). The molecule has 0 aromatic carbocycles. The number of nitrogens with zero attached hydrogens (tertiary/aromatic N) is 1. The molecule has 0 spiro atoms. The van der Waals surface area contributed by atoms with Crippen molar-refractivity contribution in [2.45, 2.75) is 18.9 Å². The van der Waals surface area contributed by atoms with Gasteiger partial charge in [0.05, 0.1) is 10.6 Å². The summed E-state index contributed by atoms with van der Waals surface area (Å²) in [5.41, 5.74) is 0.247. The number of rotatable bonds is 2. The van der Waals surface area contributed by atoms with E-state index in [9.17, 15) is 14.4 Å². The molecule has 1 aromatic rings. The highest BCUT2D eigenvalue weighted by molar-refractivity contribution is 6.33. The molecule has 1 aliphatic rings. The first-order valence-corrected chi connectivity index (χ1v) is 5.70. The van der Waals surface area contributed by atoms with E-state index in [2.05, 4.69) is 15.6 Å². The number of pyridine rings is 1. The molecule has 0 aliphatic carbocycles. The van der Waals surface area contributed by atoms with E-state index in [4.69, 9.17) is 11.6 Å². The second-order valence-electron chi connectivity index (χ2n) is 3.83. The molecule has 1 saturated heterocycles. The summed E-state index contributed by atoms with van der Waals surface area (Å²) in [5, 5.41) is 4.90. The molecule has 6 nitrogen and oxygen atoms in total. The summed E-state index contributed by atoms with van der Waals surface area (Å²) in [6.07, 6.45) is 3.28. The predicted octanol–water partition coefficient (Wildman–Crippen LogP) is 0.270. The van der Waals surface area contributed by atoms with E-state index >= 15 is 0 Å². The number of hydrogen-bond acceptors (Lipinski definition) is 4. The Morgan fingerprint density at radius 3 is 2.94 bits per heavy atom. The molecule has 2 heterocycles. The van der Waals surface area contributed by atoms with Crippen molar-refractivity contribution in [1.29, 1.82) is 0 Å². The first-order valence-electron chi connectivity index (χ1n) is 5.32. The van der Waals surface area contributed by atoms with Crippen molar-refractivity contribution in [1.82, 2.24) is 15.6 Å². The predicted molar refractivity (Wildman–Crippen MR) is 62.9 cm³/mol. The maximum atomic E-state index is 11.9. The van der Waals surface area contributed by atoms with E-state index in [0.29, 0.717) is 6.42 Å². The lowest BCUT2D eigenvalue weighted by Gasteiger charge is -2.21. The molecule has 18 heavy (non-hydrogen) atoms. The molecule has 7 heteroatoms. The molecule has 3 amide bonds. The van der Waals surface area contributed by atoms with Crippen molar-refractivity contribution in [2.75, 3.05) is 0 Å². The van der Waals surface area contributed by atoms with Gasteiger partial charge in [-0.05, 0) is 12.5 Å². The van der Waals surface area contributed by atoms with Crippen LogP contribution in [0.4, 0.5) is 0 Å². The summed E-state index contributed by atoms with van der Waals surface area (Å²) in [4.78, 5) is 38.1. The number of carbonyl (C=O) groups excluding carboxylic acids is 3. The van der Waals surface area contributed by atoms with Gasteiger partial charge < -0.3 is 5.32 Å². The number of piperidine rings is 1. The van der Waals surface area contributed by atoms with Gasteiger partial charge in [-0.2, -0.15) is 0 Å². The van der Waals surface area contributed by atoms with E-state index in [1.165, 1.54) is 18.5 Å². The fraction of sp³-hybridized carbons (Fsp3) is 0.273. The standard InChI is InChI=1S/C11H10ClN3O3/c12-7-5-13-4-3-6(7)10(17)14-8-1-2-9(16)15-11(8)18/h3-5,8H,1-2H2,(H,14,17)(H,15,16,18). The van der Waals surface area contributed by atoms with Crippen molar-refractivity contribution in [3.05, 3.63) is 29.0 Å². The highest BCUT2D eigenvalue weighted by Crippen LogP contribution is 2.14. The molecule has 0 saturated carbocycles. The lowest BCUT2D eigenvalue weighted by atomic mass is 10.1. The van der Waals surface area contributed by atoms with E-state index in [0.717, 1.165) is 0 Å². The molecule has 0 radical (unpaired) electrons. The zero-order valence-electron chi connectivity index (χ0n) is 9.27. The van der Waals surface area contributed by atoms with Gasteiger partial charge in [0, 0.05) is 18.8 Å². The Bertz CT molecular complexity index is 518. The van der Waals surface area contributed by atoms with Crippen molar-refractivity contribution in [2.24, 2.45) is 0 Å². The molecule has 94 valence electrons. The van der Waals surface area contributed by atoms with Crippen molar-refractivity contribution in [3.63, 3.8) is 0 Å². The van der Waals surface area contributed by atoms with Crippen molar-refractivity contribution < 1.29 is 14.4 Å². The molecular formula is C11H10ClN3O3. The van der Waals surface area contributed by atoms with E-state index in [1.807, 2.05) is 0 Å². The third kappa shape index (κ3) is 2.65. The van der Waals surface area contributed by atoms with Gasteiger partial charge in [0.1, 0.15) is 6.04 Å². The van der Waals surface area contributed by atoms with Crippen LogP contribution < -0.4 is 10.6 Å². The minimum absolute atomic E-state index is 0.209. The zero-order chi connectivity index (χ0) is 13.1. The zero-order valence-corrected chi connectivity index (χ0v) is 10.0. The van der Waals surface area contributed by atoms with Crippen LogP contribution in [-0.2, 0) is 9.59 Å². The van der Waals surface area contributed by atoms with Gasteiger partial charge in [-0.15, -0.1) is 0 Å². The lowest BCUT2D eigenvalue weighted by Crippen LogP contribution is -2.52. The Morgan fingerprint density at radius 1 is 1.50 bits per heavy atom. The molecule has 1 atom stereocenters. The number of imide groups is 1. The van der Waals surface area contributed by atoms with E-state index in [-0.39, 0.29) is 22.9 Å². The van der Waals surface area contributed by atoms with Gasteiger partial charge in [-0.1, -0.05) is 11.6 Å². The normalized spacial score (nSPS) is 19.3. The third-order valence-corrected chi connectivity index (χ3v) is 2.86. The summed E-state index contributed by atoms with van der Waals surface area (Å²) in [6.45, 7) is 0. The number of amides is 3. The number of aromatic nitrogens is 1. The maximum absolute atomic E-state index is 11.9. The van der Waals surface area contributed by atoms with Gasteiger partial charge in [0.25, 0.3) is 5.91 Å².